The van der Waals surface area contributed by atoms with Gasteiger partial charge in [-0.3, -0.25) is 0 Å². The molecule has 0 saturated carbocycles. The van der Waals surface area contributed by atoms with Crippen LogP contribution < -0.4 is 9.47 Å². The van der Waals surface area contributed by atoms with Crippen LogP contribution in [0.5, 0.6) is 11.5 Å². The Hall–Kier alpha value is -1.58. The molecule has 0 spiro atoms. The standard InChI is InChI=1S/C13H17FO3/c1-9(14)11-8-13(17-3)12(16-2)7-10(11)5-4-6-15/h6-9H,4-5H2,1-3H3. The highest BCUT2D eigenvalue weighted by molar-refractivity contribution is 5.53. The lowest BCUT2D eigenvalue weighted by Gasteiger charge is -2.15. The Bertz CT molecular complexity index is 388. The molecule has 0 aliphatic carbocycles. The Morgan fingerprint density at radius 2 is 1.88 bits per heavy atom. The molecule has 0 aliphatic rings. The predicted molar refractivity (Wildman–Crippen MR) is 63.5 cm³/mol. The summed E-state index contributed by atoms with van der Waals surface area (Å²) in [7, 11) is 3.04. The highest BCUT2D eigenvalue weighted by atomic mass is 19.1. The van der Waals surface area contributed by atoms with Crippen LogP contribution in [0, 0.1) is 0 Å². The summed E-state index contributed by atoms with van der Waals surface area (Å²) in [4.78, 5) is 10.4. The fourth-order valence-electron chi connectivity index (χ4n) is 1.74. The number of carbonyl (C=O) groups excluding carboxylic acids is 1. The number of aryl methyl sites for hydroxylation is 1. The first-order valence-electron chi connectivity index (χ1n) is 5.46. The lowest BCUT2D eigenvalue weighted by Crippen LogP contribution is -2.00. The van der Waals surface area contributed by atoms with Gasteiger partial charge in [-0.05, 0) is 36.6 Å². The molecule has 0 N–H and O–H groups in total. The highest BCUT2D eigenvalue weighted by Crippen LogP contribution is 2.34. The lowest BCUT2D eigenvalue weighted by atomic mass is 9.99. The van der Waals surface area contributed by atoms with Crippen molar-refractivity contribution in [2.45, 2.75) is 25.9 Å². The first-order chi connectivity index (χ1) is 8.13. The molecule has 1 unspecified atom stereocenters. The number of aldehydes is 1. The molecule has 1 aromatic carbocycles. The van der Waals surface area contributed by atoms with E-state index in [9.17, 15) is 9.18 Å². The molecule has 1 aromatic rings. The van der Waals surface area contributed by atoms with Gasteiger partial charge in [0.15, 0.2) is 11.5 Å². The summed E-state index contributed by atoms with van der Waals surface area (Å²) < 4.78 is 23.8. The zero-order valence-corrected chi connectivity index (χ0v) is 10.3. The topological polar surface area (TPSA) is 35.5 Å². The van der Waals surface area contributed by atoms with Gasteiger partial charge in [0.05, 0.1) is 14.2 Å². The third-order valence-electron chi connectivity index (χ3n) is 2.61. The van der Waals surface area contributed by atoms with E-state index in [0.717, 1.165) is 11.8 Å². The molecule has 0 heterocycles. The highest BCUT2D eigenvalue weighted by Gasteiger charge is 2.15. The van der Waals surface area contributed by atoms with Crippen LogP contribution in [0.15, 0.2) is 12.1 Å². The maximum Gasteiger partial charge on any atom is 0.161 e. The molecule has 4 heteroatoms. The Morgan fingerprint density at radius 3 is 2.35 bits per heavy atom. The second kappa shape index (κ2) is 6.23. The monoisotopic (exact) mass is 240 g/mol. The van der Waals surface area contributed by atoms with Gasteiger partial charge in [-0.15, -0.1) is 0 Å². The number of hydrogen-bond donors (Lipinski definition) is 0. The average molecular weight is 240 g/mol. The maximum atomic E-state index is 13.5. The molecule has 94 valence electrons. The normalized spacial score (nSPS) is 12.0. The van der Waals surface area contributed by atoms with Crippen molar-refractivity contribution in [1.82, 2.24) is 0 Å². The van der Waals surface area contributed by atoms with Crippen LogP contribution in [-0.2, 0) is 11.2 Å². The van der Waals surface area contributed by atoms with Gasteiger partial charge in [0.1, 0.15) is 12.5 Å². The van der Waals surface area contributed by atoms with Gasteiger partial charge in [-0.2, -0.15) is 0 Å². The zero-order chi connectivity index (χ0) is 12.8. The van der Waals surface area contributed by atoms with Crippen molar-refractivity contribution in [2.75, 3.05) is 14.2 Å². The summed E-state index contributed by atoms with van der Waals surface area (Å²) in [6, 6.07) is 3.36. The van der Waals surface area contributed by atoms with Crippen molar-refractivity contribution in [1.29, 1.82) is 0 Å². The van der Waals surface area contributed by atoms with Gasteiger partial charge < -0.3 is 14.3 Å². The second-order valence-corrected chi connectivity index (χ2v) is 3.73. The lowest BCUT2D eigenvalue weighted by molar-refractivity contribution is -0.107. The summed E-state index contributed by atoms with van der Waals surface area (Å²) >= 11 is 0. The van der Waals surface area contributed by atoms with Gasteiger partial charge in [0, 0.05) is 6.42 Å². The Labute approximate surface area is 101 Å². The van der Waals surface area contributed by atoms with E-state index in [2.05, 4.69) is 0 Å². The predicted octanol–water partition coefficient (Wildman–Crippen LogP) is 2.87. The van der Waals surface area contributed by atoms with Crippen molar-refractivity contribution < 1.29 is 18.7 Å². The first kappa shape index (κ1) is 13.5. The van der Waals surface area contributed by atoms with E-state index in [1.807, 2.05) is 0 Å². The van der Waals surface area contributed by atoms with Gasteiger partial charge in [-0.1, -0.05) is 0 Å². The molecule has 1 atom stereocenters. The van der Waals surface area contributed by atoms with Crippen LogP contribution in [0.3, 0.4) is 0 Å². The summed E-state index contributed by atoms with van der Waals surface area (Å²) in [6.45, 7) is 1.46. The molecule has 0 aromatic heterocycles. The molecular weight excluding hydrogens is 223 g/mol. The number of alkyl halides is 1. The Kier molecular flexibility index (Phi) is 4.94. The third kappa shape index (κ3) is 3.19. The van der Waals surface area contributed by atoms with Gasteiger partial charge in [0.25, 0.3) is 0 Å². The number of halogens is 1. The van der Waals surface area contributed by atoms with Crippen LogP contribution in [0.25, 0.3) is 0 Å². The molecule has 0 radical (unpaired) electrons. The Morgan fingerprint density at radius 1 is 1.29 bits per heavy atom. The molecule has 0 bridgehead atoms. The van der Waals surface area contributed by atoms with E-state index >= 15 is 0 Å². The van der Waals surface area contributed by atoms with Gasteiger partial charge in [-0.25, -0.2) is 4.39 Å². The molecule has 0 saturated heterocycles. The number of benzene rings is 1. The quantitative estimate of drug-likeness (QED) is 0.717. The summed E-state index contributed by atoms with van der Waals surface area (Å²) in [5, 5.41) is 0. The van der Waals surface area contributed by atoms with Crippen molar-refractivity contribution in [3.05, 3.63) is 23.3 Å². The number of rotatable bonds is 6. The minimum absolute atomic E-state index is 0.370. The molecule has 1 rings (SSSR count). The van der Waals surface area contributed by atoms with Crippen LogP contribution in [-0.4, -0.2) is 20.5 Å². The summed E-state index contributed by atoms with van der Waals surface area (Å²) in [6.07, 6.45) is 0.600. The number of hydrogen-bond acceptors (Lipinski definition) is 3. The van der Waals surface area contributed by atoms with Crippen molar-refractivity contribution in [3.63, 3.8) is 0 Å². The zero-order valence-electron chi connectivity index (χ0n) is 10.3. The van der Waals surface area contributed by atoms with Crippen molar-refractivity contribution in [2.24, 2.45) is 0 Å². The molecule has 0 amide bonds. The molecule has 0 fully saturated rings. The summed E-state index contributed by atoms with van der Waals surface area (Å²) in [5.41, 5.74) is 1.33. The molecule has 17 heavy (non-hydrogen) atoms. The minimum Gasteiger partial charge on any atom is -0.493 e. The van der Waals surface area contributed by atoms with Crippen LogP contribution in [0.1, 0.15) is 30.6 Å². The SMILES string of the molecule is COc1cc(CCC=O)c(C(C)F)cc1OC. The second-order valence-electron chi connectivity index (χ2n) is 3.73. The number of ether oxygens (including phenoxy) is 2. The average Bonchev–Trinajstić information content (AvgIpc) is 2.34. The smallest absolute Gasteiger partial charge is 0.161 e. The molecule has 0 aliphatic heterocycles. The van der Waals surface area contributed by atoms with Gasteiger partial charge in [0.2, 0.25) is 0 Å². The van der Waals surface area contributed by atoms with Crippen molar-refractivity contribution >= 4 is 6.29 Å². The van der Waals surface area contributed by atoms with Crippen LogP contribution >= 0.6 is 0 Å². The molecule has 3 nitrogen and oxygen atoms in total. The van der Waals surface area contributed by atoms with E-state index in [1.54, 1.807) is 12.1 Å². The van der Waals surface area contributed by atoms with Gasteiger partial charge >= 0.3 is 0 Å². The third-order valence-corrected chi connectivity index (χ3v) is 2.61. The fraction of sp³-hybridized carbons (Fsp3) is 0.462. The van der Waals surface area contributed by atoms with Crippen molar-refractivity contribution in [3.8, 4) is 11.5 Å². The van der Waals surface area contributed by atoms with E-state index in [4.69, 9.17) is 9.47 Å². The number of methoxy groups -OCH3 is 2. The molecular formula is C13H17FO3. The Balaban J connectivity index is 3.19. The van der Waals surface area contributed by atoms with Crippen LogP contribution in [0.4, 0.5) is 4.39 Å². The largest absolute Gasteiger partial charge is 0.493 e. The fourth-order valence-corrected chi connectivity index (χ4v) is 1.74. The summed E-state index contributed by atoms with van der Waals surface area (Å²) in [5.74, 6) is 1.06. The maximum absolute atomic E-state index is 13.5. The number of carbonyl (C=O) groups is 1. The first-order valence-corrected chi connectivity index (χ1v) is 5.46. The van der Waals surface area contributed by atoms with Crippen LogP contribution in [0.2, 0.25) is 0 Å². The van der Waals surface area contributed by atoms with E-state index in [0.29, 0.717) is 29.9 Å². The van der Waals surface area contributed by atoms with E-state index < -0.39 is 6.17 Å². The van der Waals surface area contributed by atoms with E-state index in [1.165, 1.54) is 21.1 Å². The van der Waals surface area contributed by atoms with E-state index in [-0.39, 0.29) is 0 Å². The minimum atomic E-state index is -1.10.